The van der Waals surface area contributed by atoms with Crippen LogP contribution in [-0.2, 0) is 18.9 Å². The second-order valence-corrected chi connectivity index (χ2v) is 5.60. The van der Waals surface area contributed by atoms with E-state index in [0.717, 1.165) is 0 Å². The highest BCUT2D eigenvalue weighted by molar-refractivity contribution is 5.89. The monoisotopic (exact) mass is 294 g/mol. The Balaban J connectivity index is 1.55. The van der Waals surface area contributed by atoms with E-state index >= 15 is 0 Å². The van der Waals surface area contributed by atoms with E-state index < -0.39 is 36.4 Å². The van der Waals surface area contributed by atoms with Crippen LogP contribution in [0.1, 0.15) is 24.2 Å². The summed E-state index contributed by atoms with van der Waals surface area (Å²) < 4.78 is 21.8. The first-order chi connectivity index (χ1) is 9.96. The fourth-order valence-electron chi connectivity index (χ4n) is 2.51. The number of hydrogen-bond donors (Lipinski definition) is 1. The molecule has 2 heterocycles. The molecule has 2 saturated heterocycles. The number of carbonyl (C=O) groups excluding carboxylic acids is 1. The summed E-state index contributed by atoms with van der Waals surface area (Å²) in [6.45, 7) is 3.46. The van der Waals surface area contributed by atoms with Gasteiger partial charge in [-0.3, -0.25) is 0 Å². The Hall–Kier alpha value is -1.47. The molecule has 2 unspecified atom stereocenters. The van der Waals surface area contributed by atoms with Crippen LogP contribution in [0.5, 0.6) is 0 Å². The van der Waals surface area contributed by atoms with E-state index in [2.05, 4.69) is 0 Å². The molecule has 0 saturated carbocycles. The minimum Gasteiger partial charge on any atom is -0.459 e. The molecule has 4 atom stereocenters. The van der Waals surface area contributed by atoms with E-state index in [0.29, 0.717) is 5.56 Å². The summed E-state index contributed by atoms with van der Waals surface area (Å²) in [5.41, 5.74) is 0.457. The molecule has 6 nitrogen and oxygen atoms in total. The van der Waals surface area contributed by atoms with Crippen molar-refractivity contribution < 1.29 is 28.8 Å². The molecule has 0 bridgehead atoms. The molecule has 21 heavy (non-hydrogen) atoms. The molecule has 6 heteroatoms. The van der Waals surface area contributed by atoms with Gasteiger partial charge in [-0.25, -0.2) is 4.79 Å². The lowest BCUT2D eigenvalue weighted by atomic mass is 10.1. The molecular formula is C15H18O6. The number of aliphatic hydroxyl groups excluding tert-OH is 1. The van der Waals surface area contributed by atoms with Crippen LogP contribution in [-0.4, -0.2) is 48.1 Å². The quantitative estimate of drug-likeness (QED) is 0.841. The third kappa shape index (κ3) is 2.94. The van der Waals surface area contributed by atoms with Crippen LogP contribution in [0, 0.1) is 0 Å². The van der Waals surface area contributed by atoms with Crippen molar-refractivity contribution >= 4 is 5.97 Å². The SMILES string of the molecule is CC1(C)OC2C(O)[C@@H](COC(=O)c3ccccc3)O[C@H]2O1. The summed E-state index contributed by atoms with van der Waals surface area (Å²) in [4.78, 5) is 11.8. The highest BCUT2D eigenvalue weighted by atomic mass is 16.8. The Morgan fingerprint density at radius 1 is 1.29 bits per heavy atom. The average molecular weight is 294 g/mol. The molecule has 0 amide bonds. The van der Waals surface area contributed by atoms with E-state index in [9.17, 15) is 9.90 Å². The molecule has 0 aromatic heterocycles. The van der Waals surface area contributed by atoms with Gasteiger partial charge in [-0.05, 0) is 26.0 Å². The van der Waals surface area contributed by atoms with Gasteiger partial charge in [0.2, 0.25) is 0 Å². The van der Waals surface area contributed by atoms with E-state index in [1.165, 1.54) is 0 Å². The van der Waals surface area contributed by atoms with E-state index in [4.69, 9.17) is 18.9 Å². The summed E-state index contributed by atoms with van der Waals surface area (Å²) in [5.74, 6) is -1.23. The van der Waals surface area contributed by atoms with E-state index in [1.54, 1.807) is 38.1 Å². The smallest absolute Gasteiger partial charge is 0.338 e. The van der Waals surface area contributed by atoms with Crippen molar-refractivity contribution in [2.75, 3.05) is 6.61 Å². The number of hydrogen-bond acceptors (Lipinski definition) is 6. The standard InChI is InChI=1S/C15H18O6/c1-15(2)20-12-11(16)10(19-14(12)21-15)8-18-13(17)9-6-4-3-5-7-9/h3-7,10-12,14,16H,8H2,1-2H3/t10-,11?,12?,14+/m1/s1. The largest absolute Gasteiger partial charge is 0.459 e. The van der Waals surface area contributed by atoms with Crippen molar-refractivity contribution in [1.82, 2.24) is 0 Å². The lowest BCUT2D eigenvalue weighted by Crippen LogP contribution is -2.37. The number of fused-ring (bicyclic) bond motifs is 1. The molecule has 0 aliphatic carbocycles. The van der Waals surface area contributed by atoms with Gasteiger partial charge in [0.25, 0.3) is 0 Å². The predicted molar refractivity (Wildman–Crippen MR) is 71.4 cm³/mol. The summed E-state index contributed by atoms with van der Waals surface area (Å²) in [7, 11) is 0. The maximum absolute atomic E-state index is 11.8. The van der Waals surface area contributed by atoms with Crippen LogP contribution >= 0.6 is 0 Å². The lowest BCUT2D eigenvalue weighted by Gasteiger charge is -2.22. The maximum atomic E-state index is 11.8. The van der Waals surface area contributed by atoms with Crippen LogP contribution in [0.3, 0.4) is 0 Å². The molecule has 114 valence electrons. The van der Waals surface area contributed by atoms with E-state index in [1.807, 2.05) is 6.07 Å². The Morgan fingerprint density at radius 3 is 2.67 bits per heavy atom. The summed E-state index contributed by atoms with van der Waals surface area (Å²) in [6, 6.07) is 8.66. The third-order valence-electron chi connectivity index (χ3n) is 3.50. The second-order valence-electron chi connectivity index (χ2n) is 5.60. The molecule has 1 aromatic rings. The van der Waals surface area contributed by atoms with Crippen molar-refractivity contribution in [2.24, 2.45) is 0 Å². The first-order valence-corrected chi connectivity index (χ1v) is 6.88. The number of benzene rings is 1. The van der Waals surface area contributed by atoms with Crippen molar-refractivity contribution in [2.45, 2.75) is 44.2 Å². The Morgan fingerprint density at radius 2 is 2.00 bits per heavy atom. The second kappa shape index (κ2) is 5.38. The number of carbonyl (C=O) groups is 1. The molecule has 1 N–H and O–H groups in total. The minimum atomic E-state index is -0.889. The zero-order valence-electron chi connectivity index (χ0n) is 11.9. The van der Waals surface area contributed by atoms with Crippen molar-refractivity contribution in [3.63, 3.8) is 0 Å². The normalized spacial score (nSPS) is 33.7. The summed E-state index contributed by atoms with van der Waals surface area (Å²) >= 11 is 0. The predicted octanol–water partition coefficient (Wildman–Crippen LogP) is 1.08. The van der Waals surface area contributed by atoms with Crippen LogP contribution in [0.25, 0.3) is 0 Å². The highest BCUT2D eigenvalue weighted by Crippen LogP contribution is 2.37. The van der Waals surface area contributed by atoms with Crippen LogP contribution < -0.4 is 0 Å². The molecular weight excluding hydrogens is 276 g/mol. The molecule has 1 aromatic carbocycles. The van der Waals surface area contributed by atoms with Crippen LogP contribution in [0.15, 0.2) is 30.3 Å². The van der Waals surface area contributed by atoms with Gasteiger partial charge in [-0.15, -0.1) is 0 Å². The van der Waals surface area contributed by atoms with Gasteiger partial charge in [0, 0.05) is 0 Å². The van der Waals surface area contributed by atoms with E-state index in [-0.39, 0.29) is 6.61 Å². The average Bonchev–Trinajstić information content (AvgIpc) is 2.91. The van der Waals surface area contributed by atoms with Gasteiger partial charge in [0.15, 0.2) is 12.1 Å². The first-order valence-electron chi connectivity index (χ1n) is 6.88. The van der Waals surface area contributed by atoms with Crippen LogP contribution in [0.4, 0.5) is 0 Å². The summed E-state index contributed by atoms with van der Waals surface area (Å²) in [5, 5.41) is 10.2. The first kappa shape index (κ1) is 14.5. The maximum Gasteiger partial charge on any atom is 0.338 e. The van der Waals surface area contributed by atoms with Gasteiger partial charge >= 0.3 is 5.97 Å². The Kier molecular flexibility index (Phi) is 3.71. The molecule has 2 aliphatic rings. The topological polar surface area (TPSA) is 74.2 Å². The minimum absolute atomic E-state index is 0.0466. The number of aliphatic hydroxyl groups is 1. The van der Waals surface area contributed by atoms with Gasteiger partial charge in [-0.2, -0.15) is 0 Å². The number of rotatable bonds is 3. The Labute approximate surface area is 122 Å². The fraction of sp³-hybridized carbons (Fsp3) is 0.533. The molecule has 0 radical (unpaired) electrons. The van der Waals surface area contributed by atoms with Crippen LogP contribution in [0.2, 0.25) is 0 Å². The molecule has 3 rings (SSSR count). The van der Waals surface area contributed by atoms with Gasteiger partial charge in [-0.1, -0.05) is 18.2 Å². The molecule has 2 fully saturated rings. The number of ether oxygens (including phenoxy) is 4. The van der Waals surface area contributed by atoms with Crippen molar-refractivity contribution in [3.8, 4) is 0 Å². The zero-order chi connectivity index (χ0) is 15.0. The Bertz CT molecular complexity index is 514. The molecule has 0 spiro atoms. The van der Waals surface area contributed by atoms with Gasteiger partial charge < -0.3 is 24.1 Å². The zero-order valence-corrected chi connectivity index (χ0v) is 11.9. The van der Waals surface area contributed by atoms with Crippen molar-refractivity contribution in [3.05, 3.63) is 35.9 Å². The third-order valence-corrected chi connectivity index (χ3v) is 3.50. The van der Waals surface area contributed by atoms with Crippen molar-refractivity contribution in [1.29, 1.82) is 0 Å². The highest BCUT2D eigenvalue weighted by Gasteiger charge is 2.54. The fourth-order valence-corrected chi connectivity index (χ4v) is 2.51. The van der Waals surface area contributed by atoms with Gasteiger partial charge in [0.05, 0.1) is 5.56 Å². The molecule has 2 aliphatic heterocycles. The number of esters is 1. The van der Waals surface area contributed by atoms with Gasteiger partial charge in [0.1, 0.15) is 24.9 Å². The lowest BCUT2D eigenvalue weighted by molar-refractivity contribution is -0.218. The summed E-state index contributed by atoms with van der Waals surface area (Å²) in [6.07, 6.45) is -2.72.